The second kappa shape index (κ2) is 4.45. The number of rotatable bonds is 2. The SMILES string of the molecule is Cc1cccc(C(=O)c2cncc(F)c2)c1C. The standard InChI is InChI=1S/C14H12FNO/c1-9-4-3-5-13(10(9)2)14(17)11-6-12(15)8-16-7-11/h3-8H,1-2H3. The van der Waals surface area contributed by atoms with E-state index in [1.807, 2.05) is 26.0 Å². The monoisotopic (exact) mass is 229 g/mol. The lowest BCUT2D eigenvalue weighted by atomic mass is 9.97. The number of carbonyl (C=O) groups excluding carboxylic acids is 1. The Balaban J connectivity index is 2.48. The van der Waals surface area contributed by atoms with Crippen LogP contribution in [0.4, 0.5) is 4.39 Å². The average Bonchev–Trinajstić information content (AvgIpc) is 2.32. The zero-order chi connectivity index (χ0) is 12.4. The molecule has 0 radical (unpaired) electrons. The molecule has 0 N–H and O–H groups in total. The first-order chi connectivity index (χ1) is 8.09. The zero-order valence-electron chi connectivity index (χ0n) is 9.70. The van der Waals surface area contributed by atoms with Crippen molar-refractivity contribution in [3.05, 3.63) is 64.7 Å². The van der Waals surface area contributed by atoms with Crippen molar-refractivity contribution in [2.24, 2.45) is 0 Å². The van der Waals surface area contributed by atoms with Crippen LogP contribution in [0.1, 0.15) is 27.0 Å². The van der Waals surface area contributed by atoms with Crippen LogP contribution in [0.5, 0.6) is 0 Å². The lowest BCUT2D eigenvalue weighted by molar-refractivity contribution is 0.103. The van der Waals surface area contributed by atoms with Crippen molar-refractivity contribution in [1.82, 2.24) is 4.98 Å². The fourth-order valence-electron chi connectivity index (χ4n) is 1.69. The van der Waals surface area contributed by atoms with Crippen molar-refractivity contribution in [3.63, 3.8) is 0 Å². The fraction of sp³-hybridized carbons (Fsp3) is 0.143. The molecule has 0 aliphatic heterocycles. The van der Waals surface area contributed by atoms with E-state index in [0.29, 0.717) is 5.56 Å². The molecule has 0 saturated carbocycles. The average molecular weight is 229 g/mol. The van der Waals surface area contributed by atoms with Gasteiger partial charge in [0.2, 0.25) is 0 Å². The van der Waals surface area contributed by atoms with Gasteiger partial charge < -0.3 is 0 Å². The summed E-state index contributed by atoms with van der Waals surface area (Å²) in [4.78, 5) is 15.9. The number of ketones is 1. The Labute approximate surface area is 99.1 Å². The van der Waals surface area contributed by atoms with Crippen LogP contribution < -0.4 is 0 Å². The van der Waals surface area contributed by atoms with E-state index in [1.54, 1.807) is 6.07 Å². The van der Waals surface area contributed by atoms with Crippen LogP contribution in [-0.4, -0.2) is 10.8 Å². The van der Waals surface area contributed by atoms with Crippen molar-refractivity contribution in [3.8, 4) is 0 Å². The summed E-state index contributed by atoms with van der Waals surface area (Å²) in [5.41, 5.74) is 2.83. The van der Waals surface area contributed by atoms with E-state index in [-0.39, 0.29) is 11.3 Å². The smallest absolute Gasteiger partial charge is 0.194 e. The highest BCUT2D eigenvalue weighted by atomic mass is 19.1. The summed E-state index contributed by atoms with van der Waals surface area (Å²) in [6.07, 6.45) is 2.47. The summed E-state index contributed by atoms with van der Waals surface area (Å²) in [7, 11) is 0. The highest BCUT2D eigenvalue weighted by Gasteiger charge is 2.13. The third-order valence-corrected chi connectivity index (χ3v) is 2.82. The molecule has 0 saturated heterocycles. The number of hydrogen-bond acceptors (Lipinski definition) is 2. The predicted molar refractivity (Wildman–Crippen MR) is 63.5 cm³/mol. The summed E-state index contributed by atoms with van der Waals surface area (Å²) in [5, 5.41) is 0. The summed E-state index contributed by atoms with van der Waals surface area (Å²) >= 11 is 0. The molecule has 0 amide bonds. The summed E-state index contributed by atoms with van der Waals surface area (Å²) in [6.45, 7) is 3.82. The van der Waals surface area contributed by atoms with E-state index in [2.05, 4.69) is 4.98 Å². The molecule has 2 nitrogen and oxygen atoms in total. The Kier molecular flexibility index (Phi) is 3.00. The van der Waals surface area contributed by atoms with E-state index in [0.717, 1.165) is 17.3 Å². The molecular formula is C14H12FNO. The van der Waals surface area contributed by atoms with Crippen molar-refractivity contribution in [2.75, 3.05) is 0 Å². The summed E-state index contributed by atoms with van der Waals surface area (Å²) in [6, 6.07) is 6.71. The molecule has 0 aliphatic carbocycles. The normalized spacial score (nSPS) is 10.3. The molecule has 17 heavy (non-hydrogen) atoms. The van der Waals surface area contributed by atoms with Crippen molar-refractivity contribution >= 4 is 5.78 Å². The molecule has 86 valence electrons. The van der Waals surface area contributed by atoms with Gasteiger partial charge in [-0.15, -0.1) is 0 Å². The van der Waals surface area contributed by atoms with Crippen LogP contribution in [0.2, 0.25) is 0 Å². The predicted octanol–water partition coefficient (Wildman–Crippen LogP) is 3.07. The number of nitrogens with zero attached hydrogens (tertiary/aromatic N) is 1. The lowest BCUT2D eigenvalue weighted by Crippen LogP contribution is -2.05. The Morgan fingerprint density at radius 3 is 2.71 bits per heavy atom. The van der Waals surface area contributed by atoms with Gasteiger partial charge in [-0.25, -0.2) is 4.39 Å². The quantitative estimate of drug-likeness (QED) is 0.741. The second-order valence-corrected chi connectivity index (χ2v) is 3.97. The largest absolute Gasteiger partial charge is 0.289 e. The van der Waals surface area contributed by atoms with Gasteiger partial charge in [0.15, 0.2) is 5.78 Å². The first kappa shape index (κ1) is 11.5. The van der Waals surface area contributed by atoms with E-state index >= 15 is 0 Å². The zero-order valence-corrected chi connectivity index (χ0v) is 9.70. The molecule has 3 heteroatoms. The maximum Gasteiger partial charge on any atom is 0.194 e. The molecule has 2 aromatic rings. The van der Waals surface area contributed by atoms with Crippen molar-refractivity contribution < 1.29 is 9.18 Å². The molecular weight excluding hydrogens is 217 g/mol. The van der Waals surface area contributed by atoms with Crippen LogP contribution >= 0.6 is 0 Å². The van der Waals surface area contributed by atoms with Gasteiger partial charge in [-0.2, -0.15) is 0 Å². The van der Waals surface area contributed by atoms with Gasteiger partial charge in [0.05, 0.1) is 6.20 Å². The van der Waals surface area contributed by atoms with Gasteiger partial charge in [0.25, 0.3) is 0 Å². The van der Waals surface area contributed by atoms with E-state index < -0.39 is 5.82 Å². The highest BCUT2D eigenvalue weighted by Crippen LogP contribution is 2.17. The third-order valence-electron chi connectivity index (χ3n) is 2.82. The maximum absolute atomic E-state index is 13.0. The highest BCUT2D eigenvalue weighted by molar-refractivity contribution is 6.09. The summed E-state index contributed by atoms with van der Waals surface area (Å²) < 4.78 is 13.0. The van der Waals surface area contributed by atoms with Gasteiger partial charge in [0, 0.05) is 17.3 Å². The van der Waals surface area contributed by atoms with Crippen LogP contribution in [0, 0.1) is 19.7 Å². The molecule has 1 aromatic heterocycles. The number of pyridine rings is 1. The number of aromatic nitrogens is 1. The third kappa shape index (κ3) is 2.23. The molecule has 0 spiro atoms. The van der Waals surface area contributed by atoms with Crippen LogP contribution in [0.3, 0.4) is 0 Å². The molecule has 0 aliphatic rings. The second-order valence-electron chi connectivity index (χ2n) is 3.97. The molecule has 0 bridgehead atoms. The number of benzene rings is 1. The first-order valence-electron chi connectivity index (χ1n) is 5.31. The Hall–Kier alpha value is -2.03. The van der Waals surface area contributed by atoms with E-state index in [9.17, 15) is 9.18 Å². The first-order valence-corrected chi connectivity index (χ1v) is 5.31. The molecule has 1 aromatic carbocycles. The van der Waals surface area contributed by atoms with Crippen LogP contribution in [0.25, 0.3) is 0 Å². The Morgan fingerprint density at radius 1 is 1.24 bits per heavy atom. The molecule has 0 fully saturated rings. The van der Waals surface area contributed by atoms with E-state index in [4.69, 9.17) is 0 Å². The van der Waals surface area contributed by atoms with Gasteiger partial charge in [-0.1, -0.05) is 18.2 Å². The maximum atomic E-state index is 13.0. The van der Waals surface area contributed by atoms with Gasteiger partial charge in [0.1, 0.15) is 5.82 Å². The van der Waals surface area contributed by atoms with Crippen molar-refractivity contribution in [1.29, 1.82) is 0 Å². The minimum Gasteiger partial charge on any atom is -0.289 e. The molecule has 1 heterocycles. The van der Waals surface area contributed by atoms with Crippen molar-refractivity contribution in [2.45, 2.75) is 13.8 Å². The molecule has 2 rings (SSSR count). The minimum atomic E-state index is -0.499. The van der Waals surface area contributed by atoms with Gasteiger partial charge >= 0.3 is 0 Å². The van der Waals surface area contributed by atoms with Gasteiger partial charge in [-0.3, -0.25) is 9.78 Å². The van der Waals surface area contributed by atoms with E-state index in [1.165, 1.54) is 12.3 Å². The van der Waals surface area contributed by atoms with Crippen LogP contribution in [0.15, 0.2) is 36.7 Å². The number of aryl methyl sites for hydroxylation is 1. The Morgan fingerprint density at radius 2 is 2.00 bits per heavy atom. The van der Waals surface area contributed by atoms with Gasteiger partial charge in [-0.05, 0) is 31.0 Å². The minimum absolute atomic E-state index is 0.196. The fourth-order valence-corrected chi connectivity index (χ4v) is 1.69. The topological polar surface area (TPSA) is 30.0 Å². The lowest BCUT2D eigenvalue weighted by Gasteiger charge is -2.07. The molecule has 0 atom stereocenters. The molecule has 0 unspecified atom stereocenters. The number of hydrogen-bond donors (Lipinski definition) is 0. The summed E-state index contributed by atoms with van der Waals surface area (Å²) in [5.74, 6) is -0.695. The number of carbonyl (C=O) groups is 1. The van der Waals surface area contributed by atoms with Crippen LogP contribution in [-0.2, 0) is 0 Å². The number of halogens is 1. The Bertz CT molecular complexity index is 578.